The summed E-state index contributed by atoms with van der Waals surface area (Å²) in [6.07, 6.45) is 3.11. The summed E-state index contributed by atoms with van der Waals surface area (Å²) in [5.74, 6) is 0.773. The summed E-state index contributed by atoms with van der Waals surface area (Å²) in [5, 5.41) is 0. The van der Waals surface area contributed by atoms with Crippen LogP contribution in [0.1, 0.15) is 17.7 Å². The summed E-state index contributed by atoms with van der Waals surface area (Å²) >= 11 is 0. The van der Waals surface area contributed by atoms with E-state index in [-0.39, 0.29) is 4.90 Å². The van der Waals surface area contributed by atoms with E-state index >= 15 is 0 Å². The third kappa shape index (κ3) is 5.91. The average Bonchev–Trinajstić information content (AvgIpc) is 2.69. The Hall–Kier alpha value is -2.70. The molecule has 0 atom stereocenters. The van der Waals surface area contributed by atoms with Crippen LogP contribution < -0.4 is 9.46 Å². The van der Waals surface area contributed by atoms with Gasteiger partial charge in [-0.1, -0.05) is 36.4 Å². The first-order valence-corrected chi connectivity index (χ1v) is 10.3. The number of nitrogens with one attached hydrogen (secondary N) is 1. The minimum absolute atomic E-state index is 0.271. The Morgan fingerprint density at radius 2 is 1.74 bits per heavy atom. The van der Waals surface area contributed by atoms with Gasteiger partial charge >= 0.3 is 0 Å². The smallest absolute Gasteiger partial charge is 0.240 e. The average molecular weight is 382 g/mol. The lowest BCUT2D eigenvalue weighted by Gasteiger charge is -2.09. The van der Waals surface area contributed by atoms with E-state index in [0.717, 1.165) is 23.4 Å². The van der Waals surface area contributed by atoms with Crippen LogP contribution in [-0.2, 0) is 16.4 Å². The molecule has 0 saturated heterocycles. The highest BCUT2D eigenvalue weighted by atomic mass is 32.2. The van der Waals surface area contributed by atoms with Crippen molar-refractivity contribution in [3.8, 4) is 5.75 Å². The molecule has 1 aromatic heterocycles. The van der Waals surface area contributed by atoms with Crippen LogP contribution in [0.2, 0.25) is 0 Å². The lowest BCUT2D eigenvalue weighted by molar-refractivity contribution is 0.311. The van der Waals surface area contributed by atoms with Crippen molar-refractivity contribution in [2.45, 2.75) is 17.7 Å². The van der Waals surface area contributed by atoms with Crippen molar-refractivity contribution in [1.29, 1.82) is 0 Å². The van der Waals surface area contributed by atoms with Crippen LogP contribution in [0.4, 0.5) is 0 Å². The monoisotopic (exact) mass is 382 g/mol. The Morgan fingerprint density at radius 1 is 0.926 bits per heavy atom. The summed E-state index contributed by atoms with van der Waals surface area (Å²) in [6.45, 7) is 0.759. The summed E-state index contributed by atoms with van der Waals surface area (Å²) in [4.78, 5) is 4.60. The fraction of sp³-hybridized carbons (Fsp3) is 0.190. The molecule has 0 aliphatic carbocycles. The molecular weight excluding hydrogens is 360 g/mol. The number of nitrogens with zero attached hydrogens (tertiary/aromatic N) is 1. The largest absolute Gasteiger partial charge is 0.494 e. The molecule has 3 aromatic rings. The Bertz CT molecular complexity index is 945. The SMILES string of the molecule is O=S(=O)(NCCCOc1cccc(Cc2ccccn2)c1)c1ccccc1. The van der Waals surface area contributed by atoms with Gasteiger partial charge in [-0.2, -0.15) is 0 Å². The molecule has 0 fully saturated rings. The van der Waals surface area contributed by atoms with E-state index in [2.05, 4.69) is 9.71 Å². The van der Waals surface area contributed by atoms with E-state index in [9.17, 15) is 8.42 Å². The first-order valence-electron chi connectivity index (χ1n) is 8.80. The highest BCUT2D eigenvalue weighted by Crippen LogP contribution is 2.16. The molecule has 0 unspecified atom stereocenters. The molecule has 0 saturated carbocycles. The summed E-state index contributed by atoms with van der Waals surface area (Å²) in [6, 6.07) is 22.1. The maximum absolute atomic E-state index is 12.1. The van der Waals surface area contributed by atoms with Crippen molar-refractivity contribution < 1.29 is 13.2 Å². The molecule has 2 aromatic carbocycles. The molecule has 0 bridgehead atoms. The van der Waals surface area contributed by atoms with E-state index in [1.807, 2.05) is 42.5 Å². The van der Waals surface area contributed by atoms with Gasteiger partial charge in [0.2, 0.25) is 10.0 Å². The van der Waals surface area contributed by atoms with Crippen LogP contribution in [0.15, 0.2) is 83.9 Å². The maximum atomic E-state index is 12.1. The van der Waals surface area contributed by atoms with Crippen LogP contribution in [0.25, 0.3) is 0 Å². The van der Waals surface area contributed by atoms with Crippen LogP contribution in [0.5, 0.6) is 5.75 Å². The topological polar surface area (TPSA) is 68.3 Å². The summed E-state index contributed by atoms with van der Waals surface area (Å²) in [5.41, 5.74) is 2.13. The van der Waals surface area contributed by atoms with Crippen molar-refractivity contribution in [1.82, 2.24) is 9.71 Å². The highest BCUT2D eigenvalue weighted by molar-refractivity contribution is 7.89. The lowest BCUT2D eigenvalue weighted by atomic mass is 10.1. The molecule has 5 nitrogen and oxygen atoms in total. The van der Waals surface area contributed by atoms with E-state index in [1.54, 1.807) is 36.5 Å². The van der Waals surface area contributed by atoms with Gasteiger partial charge in [0.05, 0.1) is 11.5 Å². The zero-order chi connectivity index (χ0) is 19.0. The molecule has 0 spiro atoms. The quantitative estimate of drug-likeness (QED) is 0.576. The Balaban J connectivity index is 1.45. The number of rotatable bonds is 9. The number of ether oxygens (including phenoxy) is 1. The molecule has 3 rings (SSSR count). The molecule has 0 aliphatic heterocycles. The predicted molar refractivity (Wildman–Crippen MR) is 105 cm³/mol. The number of hydrogen-bond acceptors (Lipinski definition) is 4. The number of hydrogen-bond donors (Lipinski definition) is 1. The van der Waals surface area contributed by atoms with Crippen molar-refractivity contribution in [3.63, 3.8) is 0 Å². The second kappa shape index (κ2) is 9.30. The molecule has 0 radical (unpaired) electrons. The standard InChI is InChI=1S/C21H22N2O3S/c24-27(25,21-11-2-1-3-12-21)23-14-7-15-26-20-10-6-8-18(17-20)16-19-9-4-5-13-22-19/h1-6,8-13,17,23H,7,14-16H2. The van der Waals surface area contributed by atoms with E-state index in [4.69, 9.17) is 4.74 Å². The molecule has 1 heterocycles. The second-order valence-corrected chi connectivity index (χ2v) is 7.83. The lowest BCUT2D eigenvalue weighted by Crippen LogP contribution is -2.25. The summed E-state index contributed by atoms with van der Waals surface area (Å²) in [7, 11) is -3.46. The fourth-order valence-corrected chi connectivity index (χ4v) is 3.70. The molecule has 0 aliphatic rings. The van der Waals surface area contributed by atoms with Gasteiger partial charge in [0, 0.05) is 24.9 Å². The Kier molecular flexibility index (Phi) is 6.57. The minimum atomic E-state index is -3.46. The third-order valence-electron chi connectivity index (χ3n) is 3.95. The van der Waals surface area contributed by atoms with Crippen molar-refractivity contribution >= 4 is 10.0 Å². The van der Waals surface area contributed by atoms with E-state index < -0.39 is 10.0 Å². The first-order chi connectivity index (χ1) is 13.1. The number of aromatic nitrogens is 1. The predicted octanol–water partition coefficient (Wildman–Crippen LogP) is 3.42. The normalized spacial score (nSPS) is 11.3. The minimum Gasteiger partial charge on any atom is -0.494 e. The zero-order valence-corrected chi connectivity index (χ0v) is 15.7. The molecule has 0 amide bonds. The Labute approximate surface area is 160 Å². The van der Waals surface area contributed by atoms with Crippen molar-refractivity contribution in [2.24, 2.45) is 0 Å². The van der Waals surface area contributed by atoms with Gasteiger partial charge < -0.3 is 4.74 Å². The first kappa shape index (κ1) is 19.1. The number of benzene rings is 2. The maximum Gasteiger partial charge on any atom is 0.240 e. The van der Waals surface area contributed by atoms with Gasteiger partial charge in [-0.15, -0.1) is 0 Å². The van der Waals surface area contributed by atoms with Crippen LogP contribution >= 0.6 is 0 Å². The van der Waals surface area contributed by atoms with Gasteiger partial charge in [-0.05, 0) is 48.4 Å². The number of sulfonamides is 1. The van der Waals surface area contributed by atoms with Crippen molar-refractivity contribution in [2.75, 3.05) is 13.2 Å². The summed E-state index contributed by atoms with van der Waals surface area (Å²) < 4.78 is 32.6. The molecular formula is C21H22N2O3S. The molecule has 27 heavy (non-hydrogen) atoms. The molecule has 6 heteroatoms. The zero-order valence-electron chi connectivity index (χ0n) is 14.9. The van der Waals surface area contributed by atoms with Gasteiger partial charge in [-0.3, -0.25) is 4.98 Å². The van der Waals surface area contributed by atoms with Crippen LogP contribution in [0.3, 0.4) is 0 Å². The van der Waals surface area contributed by atoms with Gasteiger partial charge in [-0.25, -0.2) is 13.1 Å². The molecule has 1 N–H and O–H groups in total. The fourth-order valence-electron chi connectivity index (χ4n) is 2.61. The Morgan fingerprint density at radius 3 is 2.52 bits per heavy atom. The van der Waals surface area contributed by atoms with Gasteiger partial charge in [0.1, 0.15) is 5.75 Å². The van der Waals surface area contributed by atoms with Crippen LogP contribution in [-0.4, -0.2) is 26.6 Å². The number of pyridine rings is 1. The van der Waals surface area contributed by atoms with E-state index in [0.29, 0.717) is 19.6 Å². The van der Waals surface area contributed by atoms with Gasteiger partial charge in [0.15, 0.2) is 0 Å². The highest BCUT2D eigenvalue weighted by Gasteiger charge is 2.11. The van der Waals surface area contributed by atoms with Gasteiger partial charge in [0.25, 0.3) is 0 Å². The van der Waals surface area contributed by atoms with E-state index in [1.165, 1.54) is 0 Å². The molecule has 140 valence electrons. The second-order valence-electron chi connectivity index (χ2n) is 6.06. The van der Waals surface area contributed by atoms with Crippen LogP contribution in [0, 0.1) is 0 Å². The van der Waals surface area contributed by atoms with Crippen molar-refractivity contribution in [3.05, 3.63) is 90.3 Å². The third-order valence-corrected chi connectivity index (χ3v) is 5.42.